The number of hydrogen-bond donors (Lipinski definition) is 2. The molecule has 0 spiro atoms. The minimum absolute atomic E-state index is 0.0427. The van der Waals surface area contributed by atoms with Crippen LogP contribution >= 0.6 is 0 Å². The number of rotatable bonds is 7. The highest BCUT2D eigenvalue weighted by Crippen LogP contribution is 2.20. The lowest BCUT2D eigenvalue weighted by Gasteiger charge is -2.09. The summed E-state index contributed by atoms with van der Waals surface area (Å²) in [6, 6.07) is 1.69. The van der Waals surface area contributed by atoms with Crippen molar-refractivity contribution >= 4 is 23.4 Å². The molecule has 0 radical (unpaired) electrons. The van der Waals surface area contributed by atoms with Gasteiger partial charge in [-0.15, -0.1) is 0 Å². The van der Waals surface area contributed by atoms with E-state index in [-0.39, 0.29) is 23.1 Å². The van der Waals surface area contributed by atoms with Crippen LogP contribution in [0.25, 0.3) is 0 Å². The van der Waals surface area contributed by atoms with Gasteiger partial charge in [0.2, 0.25) is 0 Å². The van der Waals surface area contributed by atoms with Crippen LogP contribution in [0.4, 0.5) is 0 Å². The van der Waals surface area contributed by atoms with Gasteiger partial charge in [-0.2, -0.15) is 5.26 Å². The average Bonchev–Trinajstić information content (AvgIpc) is 2.79. The number of aromatic amines is 1. The minimum Gasteiger partial charge on any atom is -0.459 e. The van der Waals surface area contributed by atoms with E-state index in [1.165, 1.54) is 6.92 Å². The van der Waals surface area contributed by atoms with Crippen molar-refractivity contribution in [3.63, 3.8) is 0 Å². The Kier molecular flexibility index (Phi) is 6.62. The van der Waals surface area contributed by atoms with Gasteiger partial charge in [-0.3, -0.25) is 4.79 Å². The fraction of sp³-hybridized carbons (Fsp3) is 0.471. The molecule has 134 valence electrons. The van der Waals surface area contributed by atoms with Crippen LogP contribution in [0.2, 0.25) is 0 Å². The number of carbonyl (C=O) groups is 3. The van der Waals surface area contributed by atoms with Crippen molar-refractivity contribution in [3.05, 3.63) is 22.5 Å². The molecule has 0 aromatic carbocycles. The predicted octanol–water partition coefficient (Wildman–Crippen LogP) is 2.10. The number of ketones is 1. The monoisotopic (exact) mass is 347 g/mol. The maximum atomic E-state index is 12.2. The quantitative estimate of drug-likeness (QED) is 0.573. The Hall–Kier alpha value is -2.95. The number of H-pyrrole nitrogens is 1. The molecular formula is C17H21N3O5. The van der Waals surface area contributed by atoms with E-state index >= 15 is 0 Å². The summed E-state index contributed by atoms with van der Waals surface area (Å²) in [7, 11) is 0. The largest absolute Gasteiger partial charge is 0.459 e. The summed E-state index contributed by atoms with van der Waals surface area (Å²) in [6.07, 6.45) is -0.304. The molecule has 1 heterocycles. The van der Waals surface area contributed by atoms with E-state index in [9.17, 15) is 14.4 Å². The van der Waals surface area contributed by atoms with Crippen LogP contribution in [-0.2, 0) is 14.3 Å². The highest BCUT2D eigenvalue weighted by Gasteiger charge is 2.26. The summed E-state index contributed by atoms with van der Waals surface area (Å²) in [5.74, 6) is -3.29. The molecule has 8 nitrogen and oxygen atoms in total. The maximum absolute atomic E-state index is 12.2. The lowest BCUT2D eigenvalue weighted by molar-refractivity contribution is -0.122. The molecule has 0 amide bonds. The van der Waals surface area contributed by atoms with Gasteiger partial charge in [0.15, 0.2) is 12.4 Å². The number of hydrogen-bond acceptors (Lipinski definition) is 7. The normalized spacial score (nSPS) is 11.6. The summed E-state index contributed by atoms with van der Waals surface area (Å²) >= 11 is 0. The Morgan fingerprint density at radius 3 is 2.32 bits per heavy atom. The average molecular weight is 347 g/mol. The zero-order valence-corrected chi connectivity index (χ0v) is 14.9. The van der Waals surface area contributed by atoms with Crippen LogP contribution in [0, 0.1) is 36.5 Å². The molecule has 0 aliphatic carbocycles. The molecule has 0 saturated carbocycles. The number of aryl methyl sites for hydroxylation is 1. The third-order valence-electron chi connectivity index (χ3n) is 3.42. The van der Waals surface area contributed by atoms with Crippen molar-refractivity contribution in [1.29, 1.82) is 10.7 Å². The van der Waals surface area contributed by atoms with E-state index in [4.69, 9.17) is 20.1 Å². The Labute approximate surface area is 145 Å². The SMILES string of the molecule is CC(=N)[C@@H](C#N)C(=O)COC(=O)c1[nH]c(C)c(C(=O)OC(C)C)c1C. The molecule has 1 aromatic heterocycles. The number of esters is 2. The number of nitrogens with zero attached hydrogens (tertiary/aromatic N) is 1. The van der Waals surface area contributed by atoms with Gasteiger partial charge in [0.1, 0.15) is 11.6 Å². The number of nitrogens with one attached hydrogen (secondary N) is 2. The number of carbonyl (C=O) groups excluding carboxylic acids is 3. The molecule has 0 unspecified atom stereocenters. The number of aromatic nitrogens is 1. The van der Waals surface area contributed by atoms with E-state index < -0.39 is 30.2 Å². The minimum atomic E-state index is -1.24. The molecule has 1 atom stereocenters. The van der Waals surface area contributed by atoms with Gasteiger partial charge in [-0.25, -0.2) is 9.59 Å². The van der Waals surface area contributed by atoms with Crippen molar-refractivity contribution in [2.75, 3.05) is 6.61 Å². The third kappa shape index (κ3) is 4.76. The first-order valence-electron chi connectivity index (χ1n) is 7.64. The summed E-state index contributed by atoms with van der Waals surface area (Å²) in [6.45, 7) is 7.32. The first kappa shape index (κ1) is 20.1. The first-order valence-corrected chi connectivity index (χ1v) is 7.64. The van der Waals surface area contributed by atoms with Crippen LogP contribution in [-0.4, -0.2) is 41.1 Å². The van der Waals surface area contributed by atoms with Gasteiger partial charge in [0, 0.05) is 11.4 Å². The van der Waals surface area contributed by atoms with E-state index in [0.717, 1.165) is 0 Å². The van der Waals surface area contributed by atoms with Gasteiger partial charge in [-0.05, 0) is 40.2 Å². The molecule has 8 heteroatoms. The molecule has 1 aromatic rings. The lowest BCUT2D eigenvalue weighted by Crippen LogP contribution is -2.25. The topological polar surface area (TPSA) is 133 Å². The number of Topliss-reactive ketones (excluding diaryl/α,β-unsaturated/α-hetero) is 1. The predicted molar refractivity (Wildman–Crippen MR) is 88.6 cm³/mol. The van der Waals surface area contributed by atoms with E-state index in [1.807, 2.05) is 0 Å². The van der Waals surface area contributed by atoms with Gasteiger partial charge < -0.3 is 19.9 Å². The van der Waals surface area contributed by atoms with Gasteiger partial charge in [-0.1, -0.05) is 0 Å². The van der Waals surface area contributed by atoms with E-state index in [0.29, 0.717) is 11.3 Å². The molecule has 0 fully saturated rings. The van der Waals surface area contributed by atoms with Crippen molar-refractivity contribution in [3.8, 4) is 6.07 Å². The van der Waals surface area contributed by atoms with Crippen LogP contribution < -0.4 is 0 Å². The van der Waals surface area contributed by atoms with Gasteiger partial charge in [0.05, 0.1) is 17.7 Å². The van der Waals surface area contributed by atoms with Crippen LogP contribution in [0.3, 0.4) is 0 Å². The Bertz CT molecular complexity index is 755. The molecule has 2 N–H and O–H groups in total. The fourth-order valence-electron chi connectivity index (χ4n) is 2.24. The zero-order valence-electron chi connectivity index (χ0n) is 14.9. The van der Waals surface area contributed by atoms with Gasteiger partial charge in [0.25, 0.3) is 0 Å². The van der Waals surface area contributed by atoms with Crippen molar-refractivity contribution < 1.29 is 23.9 Å². The smallest absolute Gasteiger partial charge is 0.355 e. The third-order valence-corrected chi connectivity index (χ3v) is 3.42. The maximum Gasteiger partial charge on any atom is 0.355 e. The van der Waals surface area contributed by atoms with E-state index in [1.54, 1.807) is 33.8 Å². The van der Waals surface area contributed by atoms with Crippen molar-refractivity contribution in [2.24, 2.45) is 5.92 Å². The van der Waals surface area contributed by atoms with Crippen LogP contribution in [0.15, 0.2) is 0 Å². The number of nitriles is 1. The lowest BCUT2D eigenvalue weighted by atomic mass is 10.0. The molecular weight excluding hydrogens is 326 g/mol. The molecule has 1 rings (SSSR count). The Morgan fingerprint density at radius 1 is 1.24 bits per heavy atom. The fourth-order valence-corrected chi connectivity index (χ4v) is 2.24. The summed E-state index contributed by atoms with van der Waals surface area (Å²) in [4.78, 5) is 38.8. The molecule has 25 heavy (non-hydrogen) atoms. The second-order valence-corrected chi connectivity index (χ2v) is 5.87. The van der Waals surface area contributed by atoms with Crippen LogP contribution in [0.5, 0.6) is 0 Å². The Morgan fingerprint density at radius 2 is 1.84 bits per heavy atom. The van der Waals surface area contributed by atoms with Gasteiger partial charge >= 0.3 is 11.9 Å². The standard InChI is InChI=1S/C17H21N3O5/c1-8(2)25-16(22)14-9(3)15(20-11(14)5)17(23)24-7-13(21)12(6-18)10(4)19/h8,12,19-20H,7H2,1-5H3/t12-/m1/s1. The van der Waals surface area contributed by atoms with E-state index in [2.05, 4.69) is 4.98 Å². The zero-order chi connectivity index (χ0) is 19.3. The second kappa shape index (κ2) is 8.24. The summed E-state index contributed by atoms with van der Waals surface area (Å²) in [5, 5.41) is 16.2. The summed E-state index contributed by atoms with van der Waals surface area (Å²) < 4.78 is 10.0. The van der Waals surface area contributed by atoms with Crippen molar-refractivity contribution in [1.82, 2.24) is 4.98 Å². The van der Waals surface area contributed by atoms with Crippen LogP contribution in [0.1, 0.15) is 52.9 Å². The molecule has 0 bridgehead atoms. The second-order valence-electron chi connectivity index (χ2n) is 5.87. The molecule has 0 aliphatic heterocycles. The Balaban J connectivity index is 2.91. The van der Waals surface area contributed by atoms with Crippen molar-refractivity contribution in [2.45, 2.75) is 40.7 Å². The molecule has 0 saturated heterocycles. The summed E-state index contributed by atoms with van der Waals surface area (Å²) in [5.41, 5.74) is 0.986. The first-order chi connectivity index (χ1) is 11.6. The molecule has 0 aliphatic rings. The highest BCUT2D eigenvalue weighted by molar-refractivity contribution is 6.06. The highest BCUT2D eigenvalue weighted by atomic mass is 16.5. The number of ether oxygens (including phenoxy) is 2.